The molecule has 7 rings (SSSR count). The molecule has 1 aromatic heterocycles. The highest BCUT2D eigenvalue weighted by atomic mass is 32.2. The highest BCUT2D eigenvalue weighted by Crippen LogP contribution is 2.38. The number of thioether (sulfide) groups is 1. The van der Waals surface area contributed by atoms with Crippen LogP contribution in [0.15, 0.2) is 88.8 Å². The van der Waals surface area contributed by atoms with Crippen molar-refractivity contribution in [3.05, 3.63) is 95.0 Å². The van der Waals surface area contributed by atoms with Gasteiger partial charge >= 0.3 is 0 Å². The first-order valence-corrected chi connectivity index (χ1v) is 17.4. The van der Waals surface area contributed by atoms with Crippen molar-refractivity contribution >= 4 is 50.3 Å². The van der Waals surface area contributed by atoms with E-state index in [1.54, 1.807) is 33.9 Å². The first kappa shape index (κ1) is 30.6. The Balaban J connectivity index is 1.23. The van der Waals surface area contributed by atoms with Crippen LogP contribution in [0, 0.1) is 0 Å². The van der Waals surface area contributed by atoms with Crippen LogP contribution in [0.2, 0.25) is 0 Å². The van der Waals surface area contributed by atoms with Crippen molar-refractivity contribution < 1.29 is 27.4 Å². The number of hydrogen-bond acceptors (Lipinski definition) is 9. The van der Waals surface area contributed by atoms with E-state index in [0.29, 0.717) is 37.5 Å². The number of sulfonamides is 1. The van der Waals surface area contributed by atoms with Crippen LogP contribution < -0.4 is 9.47 Å². The molecule has 3 aliphatic rings. The molecular weight excluding hydrogens is 645 g/mol. The van der Waals surface area contributed by atoms with Crippen molar-refractivity contribution in [1.82, 2.24) is 19.0 Å². The van der Waals surface area contributed by atoms with Crippen LogP contribution in [-0.4, -0.2) is 69.7 Å². The molecule has 236 valence electrons. The molecule has 0 aliphatic carbocycles. The molecular formula is C33H30N4O6S3. The van der Waals surface area contributed by atoms with Crippen molar-refractivity contribution in [2.75, 3.05) is 19.9 Å². The van der Waals surface area contributed by atoms with E-state index in [9.17, 15) is 13.2 Å². The Labute approximate surface area is 276 Å². The maximum absolute atomic E-state index is 13.7. The number of benzene rings is 3. The predicted octanol–water partition coefficient (Wildman–Crippen LogP) is 5.47. The third-order valence-corrected chi connectivity index (χ3v) is 11.0. The van der Waals surface area contributed by atoms with Gasteiger partial charge in [0.05, 0.1) is 34.2 Å². The fraction of sp³-hybridized carbons (Fsp3) is 0.242. The van der Waals surface area contributed by atoms with E-state index in [-0.39, 0.29) is 49.4 Å². The number of hydrogen-bond donors (Lipinski definition) is 0. The van der Waals surface area contributed by atoms with Crippen LogP contribution in [0.3, 0.4) is 0 Å². The van der Waals surface area contributed by atoms with Gasteiger partial charge in [-0.15, -0.1) is 0 Å². The summed E-state index contributed by atoms with van der Waals surface area (Å²) >= 11 is 6.84. The molecule has 0 saturated carbocycles. The van der Waals surface area contributed by atoms with Gasteiger partial charge in [0.25, 0.3) is 5.91 Å². The summed E-state index contributed by atoms with van der Waals surface area (Å²) < 4.78 is 47.8. The van der Waals surface area contributed by atoms with E-state index in [0.717, 1.165) is 11.3 Å². The Morgan fingerprint density at radius 3 is 2.52 bits per heavy atom. The minimum atomic E-state index is -3.79. The predicted molar refractivity (Wildman–Crippen MR) is 179 cm³/mol. The van der Waals surface area contributed by atoms with Gasteiger partial charge in [0, 0.05) is 30.4 Å². The molecule has 2 atom stereocenters. The molecule has 13 heteroatoms. The van der Waals surface area contributed by atoms with Gasteiger partial charge < -0.3 is 14.2 Å². The van der Waals surface area contributed by atoms with Crippen LogP contribution in [-0.2, 0) is 26.1 Å². The number of para-hydroxylation sites is 1. The number of amides is 1. The second-order valence-electron chi connectivity index (χ2n) is 11.3. The summed E-state index contributed by atoms with van der Waals surface area (Å²) in [7, 11) is -3.79. The van der Waals surface area contributed by atoms with Crippen molar-refractivity contribution in [2.45, 2.75) is 37.5 Å². The second-order valence-corrected chi connectivity index (χ2v) is 14.9. The lowest BCUT2D eigenvalue weighted by atomic mass is 10.1. The summed E-state index contributed by atoms with van der Waals surface area (Å²) in [5.74, 6) is 1.08. The molecule has 10 nitrogen and oxygen atoms in total. The normalized spacial score (nSPS) is 21.0. The lowest BCUT2D eigenvalue weighted by Gasteiger charge is -2.34. The monoisotopic (exact) mass is 674 g/mol. The summed E-state index contributed by atoms with van der Waals surface area (Å²) in [6.07, 6.45) is 3.19. The Hall–Kier alpha value is -4.01. The first-order valence-electron chi connectivity index (χ1n) is 14.7. The van der Waals surface area contributed by atoms with E-state index in [1.807, 2.05) is 74.6 Å². The molecule has 3 aliphatic heterocycles. The number of carbonyl (C=O) groups excluding carboxylic acids is 1. The molecule has 4 heterocycles. The van der Waals surface area contributed by atoms with Gasteiger partial charge in [-0.2, -0.15) is 9.40 Å². The number of morpholine rings is 1. The molecule has 0 N–H and O–H groups in total. The molecule has 0 spiro atoms. The lowest BCUT2D eigenvalue weighted by molar-refractivity contribution is -0.122. The molecule has 0 bridgehead atoms. The van der Waals surface area contributed by atoms with Crippen LogP contribution in [0.5, 0.6) is 11.5 Å². The second kappa shape index (κ2) is 12.3. The van der Waals surface area contributed by atoms with Crippen LogP contribution in [0.1, 0.15) is 25.0 Å². The van der Waals surface area contributed by atoms with Gasteiger partial charge in [0.1, 0.15) is 10.0 Å². The topological polar surface area (TPSA) is 103 Å². The Kier molecular flexibility index (Phi) is 8.19. The third-order valence-electron chi connectivity index (χ3n) is 7.83. The molecule has 1 amide bonds. The van der Waals surface area contributed by atoms with Crippen molar-refractivity contribution in [3.63, 3.8) is 0 Å². The quantitative estimate of drug-likeness (QED) is 0.187. The van der Waals surface area contributed by atoms with E-state index in [2.05, 4.69) is 0 Å². The van der Waals surface area contributed by atoms with Crippen molar-refractivity contribution in [3.8, 4) is 28.4 Å². The SMILES string of the molecule is CC1CN(S(=O)(=O)c2cccc(-c3nn(-c4ccccc4)cc3C=C3SC(=S)N(Cc4ccc5c(c4)OCO5)C3=O)c2)CC(C)O1. The minimum absolute atomic E-state index is 0.168. The van der Waals surface area contributed by atoms with E-state index < -0.39 is 10.0 Å². The summed E-state index contributed by atoms with van der Waals surface area (Å²) in [4.78, 5) is 15.8. The standard InChI is InChI=1S/C33H30N4O6S3/c1-21-16-35(17-22(2)43-21)46(39,40)27-10-6-7-24(14-27)31-25(19-37(34-31)26-8-4-3-5-9-26)15-30-32(38)36(33(44)45-30)18-23-11-12-28-29(13-23)42-20-41-28/h3-15,19,21-22H,16-18,20H2,1-2H3. The number of thiocarbonyl (C=S) groups is 1. The Morgan fingerprint density at radius 2 is 1.74 bits per heavy atom. The van der Waals surface area contributed by atoms with Gasteiger partial charge in [0.2, 0.25) is 16.8 Å². The molecule has 3 aromatic carbocycles. The lowest BCUT2D eigenvalue weighted by Crippen LogP contribution is -2.48. The molecule has 2 unspecified atom stereocenters. The summed E-state index contributed by atoms with van der Waals surface area (Å²) in [6, 6.07) is 21.9. The molecule has 46 heavy (non-hydrogen) atoms. The summed E-state index contributed by atoms with van der Waals surface area (Å²) in [5, 5.41) is 4.87. The van der Waals surface area contributed by atoms with Gasteiger partial charge in [-0.1, -0.05) is 60.4 Å². The van der Waals surface area contributed by atoms with Crippen molar-refractivity contribution in [2.24, 2.45) is 0 Å². The first-order chi connectivity index (χ1) is 22.2. The Bertz CT molecular complexity index is 1970. The number of fused-ring (bicyclic) bond motifs is 1. The smallest absolute Gasteiger partial charge is 0.266 e. The average Bonchev–Trinajstić information content (AvgIpc) is 3.76. The maximum atomic E-state index is 13.7. The zero-order valence-corrected chi connectivity index (χ0v) is 27.5. The van der Waals surface area contributed by atoms with Crippen LogP contribution in [0.25, 0.3) is 23.0 Å². The number of ether oxygens (including phenoxy) is 3. The molecule has 2 saturated heterocycles. The molecule has 2 fully saturated rings. The highest BCUT2D eigenvalue weighted by Gasteiger charge is 2.34. The zero-order chi connectivity index (χ0) is 32.0. The number of carbonyl (C=O) groups is 1. The van der Waals surface area contributed by atoms with E-state index in [4.69, 9.17) is 31.5 Å². The van der Waals surface area contributed by atoms with Gasteiger partial charge in [-0.05, 0) is 61.9 Å². The van der Waals surface area contributed by atoms with Gasteiger partial charge in [-0.3, -0.25) is 9.69 Å². The average molecular weight is 675 g/mol. The molecule has 0 radical (unpaired) electrons. The highest BCUT2D eigenvalue weighted by molar-refractivity contribution is 8.26. The third kappa shape index (κ3) is 5.96. The largest absolute Gasteiger partial charge is 0.454 e. The number of nitrogens with zero attached hydrogens (tertiary/aromatic N) is 4. The van der Waals surface area contributed by atoms with E-state index in [1.165, 1.54) is 16.1 Å². The zero-order valence-electron chi connectivity index (χ0n) is 25.0. The number of aromatic nitrogens is 2. The minimum Gasteiger partial charge on any atom is -0.454 e. The summed E-state index contributed by atoms with van der Waals surface area (Å²) in [5.41, 5.74) is 3.47. The fourth-order valence-electron chi connectivity index (χ4n) is 5.71. The van der Waals surface area contributed by atoms with Gasteiger partial charge in [0.15, 0.2) is 11.5 Å². The van der Waals surface area contributed by atoms with Crippen LogP contribution >= 0.6 is 24.0 Å². The van der Waals surface area contributed by atoms with Crippen molar-refractivity contribution in [1.29, 1.82) is 0 Å². The summed E-state index contributed by atoms with van der Waals surface area (Å²) in [6.45, 7) is 4.75. The van der Waals surface area contributed by atoms with Crippen LogP contribution in [0.4, 0.5) is 0 Å². The van der Waals surface area contributed by atoms with Gasteiger partial charge in [-0.25, -0.2) is 13.1 Å². The number of rotatable bonds is 7. The van der Waals surface area contributed by atoms with E-state index >= 15 is 0 Å². The Morgan fingerprint density at radius 1 is 0.978 bits per heavy atom. The fourth-order valence-corrected chi connectivity index (χ4v) is 8.59. The molecule has 4 aromatic rings. The maximum Gasteiger partial charge on any atom is 0.266 e.